The van der Waals surface area contributed by atoms with Crippen molar-refractivity contribution < 1.29 is 4.74 Å². The van der Waals surface area contributed by atoms with Crippen LogP contribution in [0.3, 0.4) is 0 Å². The summed E-state index contributed by atoms with van der Waals surface area (Å²) in [5, 5.41) is 8.20. The first-order chi connectivity index (χ1) is 17.5. The van der Waals surface area contributed by atoms with Crippen LogP contribution in [-0.2, 0) is 11.3 Å². The molecule has 1 fully saturated rings. The molecule has 1 atom stereocenters. The van der Waals surface area contributed by atoms with Gasteiger partial charge < -0.3 is 20.3 Å². The molecule has 1 saturated heterocycles. The van der Waals surface area contributed by atoms with Gasteiger partial charge in [0.1, 0.15) is 17.5 Å². The molecule has 0 radical (unpaired) electrons. The number of aromatic nitrogens is 3. The molecule has 188 valence electrons. The summed E-state index contributed by atoms with van der Waals surface area (Å²) in [6.45, 7) is 6.61. The Morgan fingerprint density at radius 1 is 1.11 bits per heavy atom. The molecule has 5 rings (SSSR count). The van der Waals surface area contributed by atoms with E-state index in [1.807, 2.05) is 24.5 Å². The molecule has 0 amide bonds. The predicted octanol–water partition coefficient (Wildman–Crippen LogP) is 5.89. The van der Waals surface area contributed by atoms with Gasteiger partial charge in [-0.25, -0.2) is 15.0 Å². The van der Waals surface area contributed by atoms with Crippen molar-refractivity contribution in [3.05, 3.63) is 64.9 Å². The van der Waals surface area contributed by atoms with E-state index in [1.165, 1.54) is 20.9 Å². The standard InChI is InChI=1S/C28H34N6OS/c1-18(25-9-10-26(36-25)22-8-6-5-7-20(22)17-34(3)4)30-28-23-15-27(33-21-11-13-35-14-12-21)29-16-24(23)31-19(2)32-28/h5-10,15-16,18,21H,11-14,17H2,1-4H3,(H,29,33)(H,30,31,32). The van der Waals surface area contributed by atoms with Crippen LogP contribution >= 0.6 is 11.3 Å². The summed E-state index contributed by atoms with van der Waals surface area (Å²) < 4.78 is 5.49. The minimum atomic E-state index is 0.0994. The lowest BCUT2D eigenvalue weighted by Crippen LogP contribution is -2.28. The highest BCUT2D eigenvalue weighted by Crippen LogP contribution is 2.35. The highest BCUT2D eigenvalue weighted by atomic mass is 32.1. The van der Waals surface area contributed by atoms with E-state index in [1.54, 1.807) is 0 Å². The molecule has 1 unspecified atom stereocenters. The van der Waals surface area contributed by atoms with Crippen LogP contribution in [0.2, 0.25) is 0 Å². The van der Waals surface area contributed by atoms with Gasteiger partial charge in [-0.1, -0.05) is 24.3 Å². The number of nitrogens with zero attached hydrogens (tertiary/aromatic N) is 4. The highest BCUT2D eigenvalue weighted by molar-refractivity contribution is 7.15. The lowest BCUT2D eigenvalue weighted by molar-refractivity contribution is 0.0904. The number of ether oxygens (including phenoxy) is 1. The molecule has 0 aliphatic carbocycles. The Morgan fingerprint density at radius 2 is 1.92 bits per heavy atom. The summed E-state index contributed by atoms with van der Waals surface area (Å²) in [6, 6.07) is 15.7. The molecule has 2 N–H and O–H groups in total. The van der Waals surface area contributed by atoms with Gasteiger partial charge in [0.15, 0.2) is 0 Å². The van der Waals surface area contributed by atoms with Gasteiger partial charge in [0, 0.05) is 40.9 Å². The van der Waals surface area contributed by atoms with Crippen molar-refractivity contribution in [3.8, 4) is 10.4 Å². The molecule has 4 aromatic rings. The Bertz CT molecular complexity index is 1330. The smallest absolute Gasteiger partial charge is 0.138 e. The highest BCUT2D eigenvalue weighted by Gasteiger charge is 2.17. The molecule has 4 heterocycles. The molecule has 8 heteroatoms. The lowest BCUT2D eigenvalue weighted by atomic mass is 10.1. The second kappa shape index (κ2) is 10.9. The van der Waals surface area contributed by atoms with Crippen molar-refractivity contribution >= 4 is 33.9 Å². The lowest BCUT2D eigenvalue weighted by Gasteiger charge is -2.23. The van der Waals surface area contributed by atoms with E-state index in [2.05, 4.69) is 89.0 Å². The van der Waals surface area contributed by atoms with Crippen LogP contribution in [0.15, 0.2) is 48.7 Å². The number of benzene rings is 1. The summed E-state index contributed by atoms with van der Waals surface area (Å²) in [7, 11) is 4.22. The van der Waals surface area contributed by atoms with Gasteiger partial charge in [-0.05, 0) is 70.1 Å². The monoisotopic (exact) mass is 502 g/mol. The summed E-state index contributed by atoms with van der Waals surface area (Å²) in [5.74, 6) is 2.42. The molecule has 1 aromatic carbocycles. The number of hydrogen-bond donors (Lipinski definition) is 2. The molecule has 0 spiro atoms. The van der Waals surface area contributed by atoms with Gasteiger partial charge >= 0.3 is 0 Å². The average Bonchev–Trinajstić information content (AvgIpc) is 3.35. The Morgan fingerprint density at radius 3 is 2.72 bits per heavy atom. The topological polar surface area (TPSA) is 75.2 Å². The van der Waals surface area contributed by atoms with Crippen LogP contribution in [0, 0.1) is 6.92 Å². The second-order valence-corrected chi connectivity index (χ2v) is 10.8. The maximum atomic E-state index is 5.49. The number of thiophene rings is 1. The second-order valence-electron chi connectivity index (χ2n) is 9.70. The SMILES string of the molecule is Cc1nc(NC(C)c2ccc(-c3ccccc3CN(C)C)s2)c2cc(NC3CCOCC3)ncc2n1. The van der Waals surface area contributed by atoms with Crippen molar-refractivity contribution in [2.45, 2.75) is 45.3 Å². The predicted molar refractivity (Wildman–Crippen MR) is 149 cm³/mol. The maximum Gasteiger partial charge on any atom is 0.138 e. The Hall–Kier alpha value is -3.07. The summed E-state index contributed by atoms with van der Waals surface area (Å²) >= 11 is 1.83. The quantitative estimate of drug-likeness (QED) is 0.311. The third-order valence-electron chi connectivity index (χ3n) is 6.44. The molecule has 7 nitrogen and oxygen atoms in total. The van der Waals surface area contributed by atoms with Crippen LogP contribution in [0.4, 0.5) is 11.6 Å². The third kappa shape index (κ3) is 5.67. The number of aryl methyl sites for hydroxylation is 1. The molecule has 3 aromatic heterocycles. The fraction of sp³-hybridized carbons (Fsp3) is 0.393. The molecular formula is C28H34N6OS. The zero-order chi connectivity index (χ0) is 25.1. The first-order valence-electron chi connectivity index (χ1n) is 12.5. The summed E-state index contributed by atoms with van der Waals surface area (Å²) in [4.78, 5) is 18.8. The minimum absolute atomic E-state index is 0.0994. The van der Waals surface area contributed by atoms with E-state index in [9.17, 15) is 0 Å². The van der Waals surface area contributed by atoms with Gasteiger partial charge in [-0.2, -0.15) is 0 Å². The van der Waals surface area contributed by atoms with Gasteiger partial charge in [0.05, 0.1) is 17.8 Å². The van der Waals surface area contributed by atoms with Crippen molar-refractivity contribution in [1.82, 2.24) is 19.9 Å². The first-order valence-corrected chi connectivity index (χ1v) is 13.4. The van der Waals surface area contributed by atoms with Crippen LogP contribution < -0.4 is 10.6 Å². The van der Waals surface area contributed by atoms with E-state index in [-0.39, 0.29) is 6.04 Å². The number of hydrogen-bond acceptors (Lipinski definition) is 8. The number of anilines is 2. The Kier molecular flexibility index (Phi) is 7.46. The van der Waals surface area contributed by atoms with E-state index < -0.39 is 0 Å². The number of pyridine rings is 1. The van der Waals surface area contributed by atoms with Crippen LogP contribution in [0.1, 0.15) is 42.1 Å². The maximum absolute atomic E-state index is 5.49. The van der Waals surface area contributed by atoms with E-state index in [0.717, 1.165) is 61.0 Å². The summed E-state index contributed by atoms with van der Waals surface area (Å²) in [6.07, 6.45) is 3.82. The number of rotatable bonds is 8. The van der Waals surface area contributed by atoms with Crippen LogP contribution in [0.25, 0.3) is 21.3 Å². The molecule has 0 saturated carbocycles. The molecular weight excluding hydrogens is 468 g/mol. The van der Waals surface area contributed by atoms with Gasteiger partial charge in [0.2, 0.25) is 0 Å². The van der Waals surface area contributed by atoms with Gasteiger partial charge in [0.25, 0.3) is 0 Å². The van der Waals surface area contributed by atoms with E-state index in [0.29, 0.717) is 6.04 Å². The normalized spacial score (nSPS) is 15.4. The number of nitrogens with one attached hydrogen (secondary N) is 2. The zero-order valence-corrected chi connectivity index (χ0v) is 22.2. The fourth-order valence-corrected chi connectivity index (χ4v) is 5.70. The molecule has 1 aliphatic rings. The van der Waals surface area contributed by atoms with Gasteiger partial charge in [-0.15, -0.1) is 11.3 Å². The summed E-state index contributed by atoms with van der Waals surface area (Å²) in [5.41, 5.74) is 3.48. The van der Waals surface area contributed by atoms with E-state index in [4.69, 9.17) is 9.72 Å². The number of fused-ring (bicyclic) bond motifs is 1. The van der Waals surface area contributed by atoms with E-state index >= 15 is 0 Å². The third-order valence-corrected chi connectivity index (χ3v) is 7.74. The van der Waals surface area contributed by atoms with Crippen molar-refractivity contribution in [2.24, 2.45) is 0 Å². The van der Waals surface area contributed by atoms with Crippen molar-refractivity contribution in [1.29, 1.82) is 0 Å². The minimum Gasteiger partial charge on any atom is -0.381 e. The van der Waals surface area contributed by atoms with Crippen molar-refractivity contribution in [3.63, 3.8) is 0 Å². The molecule has 0 bridgehead atoms. The Balaban J connectivity index is 1.39. The van der Waals surface area contributed by atoms with Crippen LogP contribution in [-0.4, -0.2) is 53.2 Å². The first kappa shape index (κ1) is 24.6. The zero-order valence-electron chi connectivity index (χ0n) is 21.4. The Labute approximate surface area is 217 Å². The van der Waals surface area contributed by atoms with Crippen LogP contribution in [0.5, 0.6) is 0 Å². The molecule has 36 heavy (non-hydrogen) atoms. The fourth-order valence-electron chi connectivity index (χ4n) is 4.63. The average molecular weight is 503 g/mol. The molecule has 1 aliphatic heterocycles. The van der Waals surface area contributed by atoms with Crippen molar-refractivity contribution in [2.75, 3.05) is 37.9 Å². The van der Waals surface area contributed by atoms with Gasteiger partial charge in [-0.3, -0.25) is 0 Å². The largest absolute Gasteiger partial charge is 0.381 e.